The molecule has 2 heterocycles. The highest BCUT2D eigenvalue weighted by molar-refractivity contribution is 7.15. The molecule has 1 atom stereocenters. The molecule has 0 unspecified atom stereocenters. The Morgan fingerprint density at radius 2 is 1.86 bits per heavy atom. The fraction of sp³-hybridized carbons (Fsp3) is 0.500. The van der Waals surface area contributed by atoms with Crippen molar-refractivity contribution in [1.29, 1.82) is 0 Å². The van der Waals surface area contributed by atoms with Crippen LogP contribution in [0.5, 0.6) is 0 Å². The molecule has 1 aromatic carbocycles. The minimum atomic E-state index is -0.362. The molecule has 0 aliphatic carbocycles. The molecule has 0 saturated carbocycles. The number of likely N-dealkylation sites (tertiary alicyclic amines) is 1. The van der Waals surface area contributed by atoms with Gasteiger partial charge in [-0.25, -0.2) is 0 Å². The number of carbonyl (C=O) groups is 2. The quantitative estimate of drug-likeness (QED) is 0.696. The highest BCUT2D eigenvalue weighted by atomic mass is 32.1. The zero-order valence-electron chi connectivity index (χ0n) is 16.4. The van der Waals surface area contributed by atoms with E-state index in [4.69, 9.17) is 0 Å². The monoisotopic (exact) mass is 401 g/mol. The van der Waals surface area contributed by atoms with Gasteiger partial charge >= 0.3 is 0 Å². The molecule has 2 amide bonds. The number of amides is 2. The van der Waals surface area contributed by atoms with E-state index in [1.165, 1.54) is 19.3 Å². The number of hydrogen-bond acceptors (Lipinski definition) is 6. The highest BCUT2D eigenvalue weighted by Crippen LogP contribution is 2.16. The van der Waals surface area contributed by atoms with Crippen LogP contribution in [-0.4, -0.2) is 52.6 Å². The number of piperidine rings is 1. The third-order valence-corrected chi connectivity index (χ3v) is 5.89. The number of aryl methyl sites for hydroxylation is 1. The highest BCUT2D eigenvalue weighted by Gasteiger charge is 2.19. The lowest BCUT2D eigenvalue weighted by molar-refractivity contribution is 0.0946. The topological polar surface area (TPSA) is 87.2 Å². The Balaban J connectivity index is 1.44. The molecule has 150 valence electrons. The lowest BCUT2D eigenvalue weighted by Crippen LogP contribution is -2.39. The molecule has 0 spiro atoms. The summed E-state index contributed by atoms with van der Waals surface area (Å²) < 4.78 is 0. The van der Waals surface area contributed by atoms with Crippen LogP contribution in [0, 0.1) is 6.92 Å². The SMILES string of the molecule is Cc1ccc(NC(=O)c2nnc(C(=O)NCCCN3CCCC[C@H]3C)s2)cc1. The van der Waals surface area contributed by atoms with Crippen molar-refractivity contribution in [2.24, 2.45) is 0 Å². The fourth-order valence-corrected chi connectivity index (χ4v) is 3.93. The first kappa shape index (κ1) is 20.4. The molecule has 0 radical (unpaired) electrons. The van der Waals surface area contributed by atoms with E-state index >= 15 is 0 Å². The van der Waals surface area contributed by atoms with Gasteiger partial charge in [-0.05, 0) is 51.8 Å². The first-order valence-corrected chi connectivity index (χ1v) is 10.6. The Kier molecular flexibility index (Phi) is 7.11. The van der Waals surface area contributed by atoms with Gasteiger partial charge in [-0.15, -0.1) is 10.2 Å². The average molecular weight is 402 g/mol. The van der Waals surface area contributed by atoms with E-state index in [1.54, 1.807) is 0 Å². The standard InChI is InChI=1S/C20H27N5O2S/c1-14-7-9-16(10-8-14)22-18(27)20-24-23-19(28-20)17(26)21-11-5-13-25-12-4-3-6-15(25)2/h7-10,15H,3-6,11-13H2,1-2H3,(H,21,26)(H,22,27)/t15-/m1/s1. The number of anilines is 1. The number of nitrogens with one attached hydrogen (secondary N) is 2. The molecule has 7 nitrogen and oxygen atoms in total. The lowest BCUT2D eigenvalue weighted by atomic mass is 10.0. The van der Waals surface area contributed by atoms with Crippen LogP contribution in [0.1, 0.15) is 57.8 Å². The van der Waals surface area contributed by atoms with Crippen LogP contribution in [-0.2, 0) is 0 Å². The van der Waals surface area contributed by atoms with Crippen molar-refractivity contribution in [2.75, 3.05) is 25.0 Å². The van der Waals surface area contributed by atoms with Crippen molar-refractivity contribution in [3.63, 3.8) is 0 Å². The van der Waals surface area contributed by atoms with E-state index in [2.05, 4.69) is 32.7 Å². The Labute approximate surface area is 169 Å². The molecule has 1 aromatic heterocycles. The normalized spacial score (nSPS) is 17.3. The molecule has 1 aliphatic heterocycles. The summed E-state index contributed by atoms with van der Waals surface area (Å²) in [5.41, 5.74) is 1.80. The van der Waals surface area contributed by atoms with Gasteiger partial charge in [0.2, 0.25) is 10.0 Å². The Bertz CT molecular complexity index is 805. The van der Waals surface area contributed by atoms with Crippen LogP contribution in [0.25, 0.3) is 0 Å². The maximum atomic E-state index is 12.3. The zero-order chi connectivity index (χ0) is 19.9. The second-order valence-electron chi connectivity index (χ2n) is 7.22. The van der Waals surface area contributed by atoms with E-state index in [9.17, 15) is 9.59 Å². The van der Waals surface area contributed by atoms with Gasteiger partial charge in [0.25, 0.3) is 11.8 Å². The summed E-state index contributed by atoms with van der Waals surface area (Å²) in [5.74, 6) is -0.641. The van der Waals surface area contributed by atoms with Gasteiger partial charge in [-0.2, -0.15) is 0 Å². The molecule has 0 bridgehead atoms. The van der Waals surface area contributed by atoms with E-state index in [0.717, 1.165) is 36.4 Å². The molecule has 2 aromatic rings. The van der Waals surface area contributed by atoms with Gasteiger partial charge in [0.05, 0.1) is 0 Å². The van der Waals surface area contributed by atoms with Gasteiger partial charge < -0.3 is 15.5 Å². The van der Waals surface area contributed by atoms with E-state index in [1.807, 2.05) is 31.2 Å². The summed E-state index contributed by atoms with van der Waals surface area (Å²) >= 11 is 1.00. The van der Waals surface area contributed by atoms with E-state index in [-0.39, 0.29) is 21.8 Å². The summed E-state index contributed by atoms with van der Waals surface area (Å²) in [7, 11) is 0. The van der Waals surface area contributed by atoms with E-state index < -0.39 is 0 Å². The number of aromatic nitrogens is 2. The summed E-state index contributed by atoms with van der Waals surface area (Å²) in [6, 6.07) is 8.11. The maximum Gasteiger partial charge on any atom is 0.286 e. The predicted molar refractivity (Wildman–Crippen MR) is 111 cm³/mol. The summed E-state index contributed by atoms with van der Waals surface area (Å²) in [6.07, 6.45) is 4.72. The number of nitrogens with zero attached hydrogens (tertiary/aromatic N) is 3. The molecular weight excluding hydrogens is 374 g/mol. The summed E-state index contributed by atoms with van der Waals surface area (Å²) in [5, 5.41) is 13.7. The second-order valence-corrected chi connectivity index (χ2v) is 8.20. The zero-order valence-corrected chi connectivity index (χ0v) is 17.2. The van der Waals surface area contributed by atoms with Gasteiger partial charge in [0.1, 0.15) is 0 Å². The van der Waals surface area contributed by atoms with Crippen LogP contribution < -0.4 is 10.6 Å². The molecule has 1 fully saturated rings. The Morgan fingerprint density at radius 3 is 2.57 bits per heavy atom. The van der Waals surface area contributed by atoms with Crippen molar-refractivity contribution in [1.82, 2.24) is 20.4 Å². The summed E-state index contributed by atoms with van der Waals surface area (Å²) in [4.78, 5) is 27.0. The molecule has 1 saturated heterocycles. The Morgan fingerprint density at radius 1 is 1.14 bits per heavy atom. The van der Waals surface area contributed by atoms with Crippen molar-refractivity contribution < 1.29 is 9.59 Å². The maximum absolute atomic E-state index is 12.3. The van der Waals surface area contributed by atoms with Crippen LogP contribution in [0.2, 0.25) is 0 Å². The Hall–Kier alpha value is -2.32. The van der Waals surface area contributed by atoms with Crippen LogP contribution in [0.15, 0.2) is 24.3 Å². The van der Waals surface area contributed by atoms with Crippen LogP contribution in [0.3, 0.4) is 0 Å². The molecule has 8 heteroatoms. The molecular formula is C20H27N5O2S. The van der Waals surface area contributed by atoms with Gasteiger partial charge in [-0.1, -0.05) is 35.5 Å². The van der Waals surface area contributed by atoms with Gasteiger partial charge in [-0.3, -0.25) is 9.59 Å². The summed E-state index contributed by atoms with van der Waals surface area (Å²) in [6.45, 7) is 6.97. The van der Waals surface area contributed by atoms with E-state index in [0.29, 0.717) is 18.3 Å². The minimum absolute atomic E-state index is 0.174. The number of rotatable bonds is 7. The molecule has 28 heavy (non-hydrogen) atoms. The number of carbonyl (C=O) groups excluding carboxylic acids is 2. The van der Waals surface area contributed by atoms with Crippen molar-refractivity contribution in [3.8, 4) is 0 Å². The van der Waals surface area contributed by atoms with Crippen LogP contribution >= 0.6 is 11.3 Å². The number of hydrogen-bond donors (Lipinski definition) is 2. The third kappa shape index (κ3) is 5.59. The smallest absolute Gasteiger partial charge is 0.286 e. The number of benzene rings is 1. The van der Waals surface area contributed by atoms with Gasteiger partial charge in [0, 0.05) is 24.8 Å². The first-order chi connectivity index (χ1) is 13.5. The molecule has 2 N–H and O–H groups in total. The molecule has 1 aliphatic rings. The van der Waals surface area contributed by atoms with Crippen LogP contribution in [0.4, 0.5) is 5.69 Å². The molecule has 3 rings (SSSR count). The lowest BCUT2D eigenvalue weighted by Gasteiger charge is -2.33. The predicted octanol–water partition coefficient (Wildman–Crippen LogP) is 3.09. The van der Waals surface area contributed by atoms with Crippen molar-refractivity contribution in [3.05, 3.63) is 39.8 Å². The minimum Gasteiger partial charge on any atom is -0.350 e. The largest absolute Gasteiger partial charge is 0.350 e. The van der Waals surface area contributed by atoms with Gasteiger partial charge in [0.15, 0.2) is 0 Å². The fourth-order valence-electron chi connectivity index (χ4n) is 3.28. The third-order valence-electron chi connectivity index (χ3n) is 4.97. The second kappa shape index (κ2) is 9.75. The first-order valence-electron chi connectivity index (χ1n) is 9.76. The van der Waals surface area contributed by atoms with Crippen molar-refractivity contribution >= 4 is 28.8 Å². The average Bonchev–Trinajstić information content (AvgIpc) is 3.19. The van der Waals surface area contributed by atoms with Crippen molar-refractivity contribution in [2.45, 2.75) is 45.6 Å².